The van der Waals surface area contributed by atoms with E-state index in [1.807, 2.05) is 40.7 Å². The van der Waals surface area contributed by atoms with E-state index in [-0.39, 0.29) is 36.6 Å². The molecule has 0 aromatic rings. The maximum atomic E-state index is 12.1. The van der Waals surface area contributed by atoms with E-state index >= 15 is 0 Å². The first-order chi connectivity index (χ1) is 10.3. The van der Waals surface area contributed by atoms with Crippen LogP contribution >= 0.6 is 0 Å². The quantitative estimate of drug-likeness (QED) is 0.557. The van der Waals surface area contributed by atoms with Crippen molar-refractivity contribution in [2.75, 3.05) is 19.7 Å². The molecule has 1 fully saturated rings. The van der Waals surface area contributed by atoms with Gasteiger partial charge in [-0.15, -0.1) is 0 Å². The average molecular weight is 310 g/mol. The Balaban J connectivity index is 1.88. The lowest BCUT2D eigenvalue weighted by molar-refractivity contribution is -0.178. The molecule has 2 aliphatic rings. The summed E-state index contributed by atoms with van der Waals surface area (Å²) >= 11 is 0. The van der Waals surface area contributed by atoms with E-state index in [0.717, 1.165) is 5.57 Å². The molecule has 2 bridgehead atoms. The molecule has 1 saturated heterocycles. The molecule has 2 aliphatic heterocycles. The molecule has 2 heterocycles. The van der Waals surface area contributed by atoms with Gasteiger partial charge in [0.05, 0.1) is 6.04 Å². The zero-order chi connectivity index (χ0) is 16.4. The van der Waals surface area contributed by atoms with Crippen molar-refractivity contribution in [1.82, 2.24) is 9.96 Å². The summed E-state index contributed by atoms with van der Waals surface area (Å²) in [4.78, 5) is 31.2. The fourth-order valence-corrected chi connectivity index (χ4v) is 3.10. The standard InChI is InChI=1S/C16H26N2O4/c1-10(2)15(11(3)4)22-14(19)9-21-18-13-6-12(5)7-17(8-13)16(18)20/h6,10-11,13,15H,7-9H2,1-5H3. The Morgan fingerprint density at radius 1 is 1.32 bits per heavy atom. The molecule has 6 nitrogen and oxygen atoms in total. The molecule has 6 heteroatoms. The summed E-state index contributed by atoms with van der Waals surface area (Å²) in [6, 6.07) is -0.296. The van der Waals surface area contributed by atoms with Crippen molar-refractivity contribution in [2.24, 2.45) is 11.8 Å². The van der Waals surface area contributed by atoms with Gasteiger partial charge in [-0.2, -0.15) is 5.06 Å². The smallest absolute Gasteiger partial charge is 0.344 e. The Labute approximate surface area is 132 Å². The Morgan fingerprint density at radius 3 is 2.55 bits per heavy atom. The largest absolute Gasteiger partial charge is 0.460 e. The van der Waals surface area contributed by atoms with Crippen LogP contribution in [0.15, 0.2) is 11.6 Å². The molecule has 1 atom stereocenters. The molecular weight excluding hydrogens is 284 g/mol. The molecule has 124 valence electrons. The summed E-state index contributed by atoms with van der Waals surface area (Å²) in [6.07, 6.45) is 1.87. The highest BCUT2D eigenvalue weighted by Gasteiger charge is 2.40. The SMILES string of the molecule is CC1=CC2CN(C1)C(=O)N2OCC(=O)OC(C(C)C)C(C)C. The van der Waals surface area contributed by atoms with E-state index in [2.05, 4.69) is 0 Å². The lowest BCUT2D eigenvalue weighted by Crippen LogP contribution is -2.37. The van der Waals surface area contributed by atoms with Crippen LogP contribution < -0.4 is 0 Å². The van der Waals surface area contributed by atoms with Crippen molar-refractivity contribution >= 4 is 12.0 Å². The van der Waals surface area contributed by atoms with E-state index < -0.39 is 5.97 Å². The fourth-order valence-electron chi connectivity index (χ4n) is 3.10. The summed E-state index contributed by atoms with van der Waals surface area (Å²) in [7, 11) is 0. The summed E-state index contributed by atoms with van der Waals surface area (Å²) in [6.45, 7) is 11.1. The van der Waals surface area contributed by atoms with Crippen LogP contribution in [0.3, 0.4) is 0 Å². The second-order valence-corrected chi connectivity index (χ2v) is 6.79. The second-order valence-electron chi connectivity index (χ2n) is 6.79. The van der Waals surface area contributed by atoms with Gasteiger partial charge in [-0.25, -0.2) is 9.59 Å². The minimum Gasteiger partial charge on any atom is -0.460 e. The highest BCUT2D eigenvalue weighted by Crippen LogP contribution is 2.24. The van der Waals surface area contributed by atoms with Crippen LogP contribution in [-0.2, 0) is 14.4 Å². The fraction of sp³-hybridized carbons (Fsp3) is 0.750. The van der Waals surface area contributed by atoms with Gasteiger partial charge in [0, 0.05) is 13.1 Å². The van der Waals surface area contributed by atoms with E-state index in [1.165, 1.54) is 5.06 Å². The van der Waals surface area contributed by atoms with Crippen molar-refractivity contribution in [3.8, 4) is 0 Å². The zero-order valence-electron chi connectivity index (χ0n) is 14.0. The van der Waals surface area contributed by atoms with Crippen LogP contribution in [0.5, 0.6) is 0 Å². The number of hydrogen-bond donors (Lipinski definition) is 0. The van der Waals surface area contributed by atoms with Gasteiger partial charge >= 0.3 is 12.0 Å². The number of hydrogen-bond acceptors (Lipinski definition) is 4. The number of nitrogens with zero attached hydrogens (tertiary/aromatic N) is 2. The molecule has 2 rings (SSSR count). The lowest BCUT2D eigenvalue weighted by atomic mass is 9.96. The van der Waals surface area contributed by atoms with Gasteiger partial charge in [0.25, 0.3) is 0 Å². The van der Waals surface area contributed by atoms with Crippen LogP contribution in [0.1, 0.15) is 34.6 Å². The normalized spacial score (nSPS) is 21.2. The van der Waals surface area contributed by atoms with E-state index in [9.17, 15) is 9.59 Å². The number of rotatable bonds is 6. The predicted octanol–water partition coefficient (Wildman–Crippen LogP) is 2.21. The van der Waals surface area contributed by atoms with Crippen LogP contribution in [0.4, 0.5) is 4.79 Å². The van der Waals surface area contributed by atoms with Crippen molar-refractivity contribution in [1.29, 1.82) is 0 Å². The molecule has 22 heavy (non-hydrogen) atoms. The highest BCUT2D eigenvalue weighted by atomic mass is 16.7. The van der Waals surface area contributed by atoms with Crippen molar-refractivity contribution in [3.63, 3.8) is 0 Å². The number of urea groups is 1. The topological polar surface area (TPSA) is 59.1 Å². The maximum Gasteiger partial charge on any atom is 0.344 e. The van der Waals surface area contributed by atoms with Crippen LogP contribution in [0.2, 0.25) is 0 Å². The van der Waals surface area contributed by atoms with Gasteiger partial charge in [0.1, 0.15) is 6.10 Å². The Bertz CT molecular complexity index is 465. The van der Waals surface area contributed by atoms with Gasteiger partial charge in [0.15, 0.2) is 6.61 Å². The minimum atomic E-state index is -0.433. The number of amides is 2. The minimum absolute atomic E-state index is 0.111. The number of ether oxygens (including phenoxy) is 1. The van der Waals surface area contributed by atoms with E-state index in [1.54, 1.807) is 4.90 Å². The second kappa shape index (κ2) is 6.69. The molecule has 1 unspecified atom stereocenters. The summed E-state index contributed by atoms with van der Waals surface area (Å²) < 4.78 is 5.47. The third-order valence-electron chi connectivity index (χ3n) is 3.99. The zero-order valence-corrected chi connectivity index (χ0v) is 14.0. The first-order valence-corrected chi connectivity index (χ1v) is 7.87. The summed E-state index contributed by atoms with van der Waals surface area (Å²) in [5.41, 5.74) is 1.14. The van der Waals surface area contributed by atoms with Crippen LogP contribution in [0.25, 0.3) is 0 Å². The maximum absolute atomic E-state index is 12.1. The monoisotopic (exact) mass is 310 g/mol. The first-order valence-electron chi connectivity index (χ1n) is 7.87. The number of fused-ring (bicyclic) bond motifs is 2. The third kappa shape index (κ3) is 3.61. The predicted molar refractivity (Wildman–Crippen MR) is 81.9 cm³/mol. The number of carbonyl (C=O) groups is 2. The Morgan fingerprint density at radius 2 is 1.95 bits per heavy atom. The first kappa shape index (κ1) is 16.8. The summed E-state index contributed by atoms with van der Waals surface area (Å²) in [5, 5.41) is 1.29. The van der Waals surface area contributed by atoms with Gasteiger partial charge in [-0.1, -0.05) is 39.3 Å². The molecule has 0 N–H and O–H groups in total. The molecule has 2 amide bonds. The lowest BCUT2D eigenvalue weighted by Gasteiger charge is -2.25. The van der Waals surface area contributed by atoms with Gasteiger partial charge in [-0.05, 0) is 18.8 Å². The number of carbonyl (C=O) groups excluding carboxylic acids is 2. The highest BCUT2D eigenvalue weighted by molar-refractivity contribution is 5.78. The van der Waals surface area contributed by atoms with Crippen LogP contribution in [0, 0.1) is 11.8 Å². The van der Waals surface area contributed by atoms with Crippen molar-refractivity contribution in [3.05, 3.63) is 11.6 Å². The van der Waals surface area contributed by atoms with E-state index in [4.69, 9.17) is 9.57 Å². The summed E-state index contributed by atoms with van der Waals surface area (Å²) in [5.74, 6) is 0.0545. The number of esters is 1. The van der Waals surface area contributed by atoms with Crippen molar-refractivity contribution < 1.29 is 19.2 Å². The molecule has 0 saturated carbocycles. The molecule has 0 radical (unpaired) electrons. The number of hydroxylamine groups is 2. The average Bonchev–Trinajstić information content (AvgIpc) is 2.64. The molecular formula is C16H26N2O4. The van der Waals surface area contributed by atoms with Crippen LogP contribution in [-0.4, -0.2) is 53.8 Å². The Kier molecular flexibility index (Phi) is 5.11. The van der Waals surface area contributed by atoms with E-state index in [0.29, 0.717) is 13.1 Å². The molecule has 0 spiro atoms. The Hall–Kier alpha value is -1.56. The third-order valence-corrected chi connectivity index (χ3v) is 3.99. The molecule has 0 aliphatic carbocycles. The molecule has 0 aromatic carbocycles. The van der Waals surface area contributed by atoms with Gasteiger partial charge < -0.3 is 9.64 Å². The van der Waals surface area contributed by atoms with Crippen molar-refractivity contribution in [2.45, 2.75) is 46.8 Å². The molecule has 0 aromatic heterocycles. The van der Waals surface area contributed by atoms with Gasteiger partial charge in [0.2, 0.25) is 0 Å². The van der Waals surface area contributed by atoms with Gasteiger partial charge in [-0.3, -0.25) is 4.84 Å².